The summed E-state index contributed by atoms with van der Waals surface area (Å²) in [5.74, 6) is 0.135. The first-order chi connectivity index (χ1) is 18.5. The monoisotopic (exact) mass is 581 g/mol. The molecule has 208 valence electrons. The third-order valence-electron chi connectivity index (χ3n) is 6.31. The second-order valence-corrected chi connectivity index (χ2v) is 11.2. The molecule has 1 saturated heterocycles. The molecule has 1 fully saturated rings. The predicted molar refractivity (Wildman–Crippen MR) is 141 cm³/mol. The first-order valence-corrected chi connectivity index (χ1v) is 14.2. The number of hydrogen-bond acceptors (Lipinski definition) is 5. The largest absolute Gasteiger partial charge is 0.493 e. The Bertz CT molecular complexity index is 1420. The molecular formula is C27H27ClF3N3O4S. The fourth-order valence-corrected chi connectivity index (χ4v) is 5.99. The number of alkyl halides is 3. The number of hydrogen-bond donors (Lipinski definition) is 1. The lowest BCUT2D eigenvalue weighted by Gasteiger charge is -2.32. The summed E-state index contributed by atoms with van der Waals surface area (Å²) in [6.07, 6.45) is -2.35. The summed E-state index contributed by atoms with van der Waals surface area (Å²) in [5.41, 5.74) is -0.298. The van der Waals surface area contributed by atoms with Gasteiger partial charge in [-0.2, -0.15) is 13.2 Å². The molecule has 0 aliphatic carbocycles. The van der Waals surface area contributed by atoms with Gasteiger partial charge in [-0.25, -0.2) is 18.1 Å². The Hall–Kier alpha value is -3.15. The molecule has 39 heavy (non-hydrogen) atoms. The van der Waals surface area contributed by atoms with Crippen LogP contribution in [0.3, 0.4) is 0 Å². The van der Waals surface area contributed by atoms with Crippen molar-refractivity contribution in [1.29, 1.82) is 0 Å². The van der Waals surface area contributed by atoms with Crippen molar-refractivity contribution < 1.29 is 31.1 Å². The van der Waals surface area contributed by atoms with Crippen LogP contribution in [0, 0.1) is 0 Å². The summed E-state index contributed by atoms with van der Waals surface area (Å²) < 4.78 is 76.7. The Morgan fingerprint density at radius 2 is 1.85 bits per heavy atom. The minimum atomic E-state index is -4.91. The molecular weight excluding hydrogens is 555 g/mol. The molecule has 0 radical (unpaired) electrons. The summed E-state index contributed by atoms with van der Waals surface area (Å²) in [6, 6.07) is 12.2. The summed E-state index contributed by atoms with van der Waals surface area (Å²) in [7, 11) is -4.52. The van der Waals surface area contributed by atoms with Gasteiger partial charge in [-0.3, -0.25) is 4.79 Å². The van der Waals surface area contributed by atoms with E-state index in [4.69, 9.17) is 16.3 Å². The summed E-state index contributed by atoms with van der Waals surface area (Å²) in [6.45, 7) is 2.76. The SMILES string of the molecule is CCCOc1ccccc1-c1ccc(S(=O)(=O)NC2CCN(C(=O)c3ccc(Cl)nc3)CC2)c(C(F)(F)F)c1. The van der Waals surface area contributed by atoms with Crippen molar-refractivity contribution in [3.8, 4) is 16.9 Å². The van der Waals surface area contributed by atoms with Gasteiger partial charge in [0.2, 0.25) is 10.0 Å². The van der Waals surface area contributed by atoms with Crippen LogP contribution < -0.4 is 9.46 Å². The molecule has 0 atom stereocenters. The van der Waals surface area contributed by atoms with E-state index in [1.807, 2.05) is 6.92 Å². The fourth-order valence-electron chi connectivity index (χ4n) is 4.36. The van der Waals surface area contributed by atoms with Gasteiger partial charge in [-0.15, -0.1) is 0 Å². The van der Waals surface area contributed by atoms with Crippen LogP contribution in [0.15, 0.2) is 65.7 Å². The number of rotatable bonds is 8. The summed E-state index contributed by atoms with van der Waals surface area (Å²) >= 11 is 5.76. The highest BCUT2D eigenvalue weighted by atomic mass is 35.5. The van der Waals surface area contributed by atoms with Crippen LogP contribution in [-0.4, -0.2) is 49.9 Å². The molecule has 1 amide bonds. The first-order valence-electron chi connectivity index (χ1n) is 12.4. The van der Waals surface area contributed by atoms with Gasteiger partial charge in [-0.05, 0) is 55.2 Å². The van der Waals surface area contributed by atoms with Gasteiger partial charge in [0, 0.05) is 30.9 Å². The number of para-hydroxylation sites is 1. The lowest BCUT2D eigenvalue weighted by molar-refractivity contribution is -0.139. The normalized spacial score (nSPS) is 14.8. The Labute approximate surface area is 230 Å². The van der Waals surface area contributed by atoms with Crippen molar-refractivity contribution in [2.45, 2.75) is 43.3 Å². The Balaban J connectivity index is 1.52. The third kappa shape index (κ3) is 6.90. The molecule has 4 rings (SSSR count). The average Bonchev–Trinajstić information content (AvgIpc) is 2.91. The molecule has 0 bridgehead atoms. The number of carbonyl (C=O) groups excluding carboxylic acids is 1. The van der Waals surface area contributed by atoms with Crippen LogP contribution in [0.2, 0.25) is 5.15 Å². The highest BCUT2D eigenvalue weighted by molar-refractivity contribution is 7.89. The van der Waals surface area contributed by atoms with Crippen LogP contribution in [0.5, 0.6) is 5.75 Å². The molecule has 2 aromatic carbocycles. The maximum Gasteiger partial charge on any atom is 0.417 e. The van der Waals surface area contributed by atoms with E-state index in [1.54, 1.807) is 35.2 Å². The van der Waals surface area contributed by atoms with E-state index < -0.39 is 32.7 Å². The van der Waals surface area contributed by atoms with Gasteiger partial charge in [0.15, 0.2) is 0 Å². The Morgan fingerprint density at radius 3 is 2.49 bits per heavy atom. The molecule has 0 unspecified atom stereocenters. The number of likely N-dealkylation sites (tertiary alicyclic amines) is 1. The number of nitrogens with one attached hydrogen (secondary N) is 1. The van der Waals surface area contributed by atoms with Crippen molar-refractivity contribution >= 4 is 27.5 Å². The number of benzene rings is 2. The predicted octanol–water partition coefficient (Wildman–Crippen LogP) is 5.79. The van der Waals surface area contributed by atoms with Crippen molar-refractivity contribution in [3.05, 3.63) is 77.1 Å². The number of carbonyl (C=O) groups is 1. The molecule has 2 heterocycles. The van der Waals surface area contributed by atoms with Gasteiger partial charge in [0.05, 0.1) is 22.6 Å². The molecule has 3 aromatic rings. The molecule has 0 spiro atoms. The zero-order valence-electron chi connectivity index (χ0n) is 21.0. The minimum absolute atomic E-state index is 0.191. The maximum absolute atomic E-state index is 14.1. The molecule has 1 aliphatic heterocycles. The molecule has 0 saturated carbocycles. The van der Waals surface area contributed by atoms with Gasteiger partial charge in [0.25, 0.3) is 5.91 Å². The van der Waals surface area contributed by atoms with Crippen LogP contribution >= 0.6 is 11.6 Å². The van der Waals surface area contributed by atoms with Gasteiger partial charge in [-0.1, -0.05) is 42.8 Å². The summed E-state index contributed by atoms with van der Waals surface area (Å²) in [5, 5.41) is 0.250. The number of halogens is 4. The topological polar surface area (TPSA) is 88.6 Å². The molecule has 7 nitrogen and oxygen atoms in total. The molecule has 1 aromatic heterocycles. The highest BCUT2D eigenvalue weighted by Crippen LogP contribution is 2.39. The number of ether oxygens (including phenoxy) is 1. The Morgan fingerprint density at radius 1 is 1.13 bits per heavy atom. The van der Waals surface area contributed by atoms with Crippen LogP contribution in [0.25, 0.3) is 11.1 Å². The van der Waals surface area contributed by atoms with E-state index in [0.29, 0.717) is 23.5 Å². The van der Waals surface area contributed by atoms with E-state index in [0.717, 1.165) is 18.6 Å². The smallest absolute Gasteiger partial charge is 0.417 e. The summed E-state index contributed by atoms with van der Waals surface area (Å²) in [4.78, 5) is 17.3. The average molecular weight is 582 g/mol. The second kappa shape index (κ2) is 11.9. The molecule has 1 N–H and O–H groups in total. The number of nitrogens with zero attached hydrogens (tertiary/aromatic N) is 2. The van der Waals surface area contributed by atoms with Crippen molar-refractivity contribution in [2.75, 3.05) is 19.7 Å². The van der Waals surface area contributed by atoms with E-state index in [-0.39, 0.29) is 42.6 Å². The van der Waals surface area contributed by atoms with E-state index in [9.17, 15) is 26.4 Å². The molecule has 1 aliphatic rings. The van der Waals surface area contributed by atoms with Crippen molar-refractivity contribution in [3.63, 3.8) is 0 Å². The fraction of sp³-hybridized carbons (Fsp3) is 0.333. The van der Waals surface area contributed by atoms with Crippen LogP contribution in [0.1, 0.15) is 42.1 Å². The second-order valence-electron chi connectivity index (χ2n) is 9.11. The zero-order chi connectivity index (χ0) is 28.2. The lowest BCUT2D eigenvalue weighted by atomic mass is 10.0. The van der Waals surface area contributed by atoms with E-state index in [2.05, 4.69) is 9.71 Å². The maximum atomic E-state index is 14.1. The Kier molecular flexibility index (Phi) is 8.83. The van der Waals surface area contributed by atoms with E-state index >= 15 is 0 Å². The number of pyridine rings is 1. The quantitative estimate of drug-likeness (QED) is 0.340. The highest BCUT2D eigenvalue weighted by Gasteiger charge is 2.38. The first kappa shape index (κ1) is 28.8. The van der Waals surface area contributed by atoms with E-state index in [1.165, 1.54) is 18.3 Å². The van der Waals surface area contributed by atoms with Crippen molar-refractivity contribution in [2.24, 2.45) is 0 Å². The van der Waals surface area contributed by atoms with Gasteiger partial charge in [0.1, 0.15) is 10.9 Å². The van der Waals surface area contributed by atoms with Gasteiger partial charge >= 0.3 is 6.18 Å². The number of amides is 1. The lowest BCUT2D eigenvalue weighted by Crippen LogP contribution is -2.46. The van der Waals surface area contributed by atoms with Gasteiger partial charge < -0.3 is 9.64 Å². The number of aromatic nitrogens is 1. The minimum Gasteiger partial charge on any atom is -0.493 e. The molecule has 12 heteroatoms. The van der Waals surface area contributed by atoms with Crippen molar-refractivity contribution in [1.82, 2.24) is 14.6 Å². The standard InChI is InChI=1S/C27H27ClF3N3O4S/c1-2-15-38-23-6-4-3-5-21(23)18-7-9-24(22(16-18)27(29,30)31)39(36,37)33-20-11-13-34(14-12-20)26(35)19-8-10-25(28)32-17-19/h3-10,16-17,20,33H,2,11-15H2,1H3. The zero-order valence-corrected chi connectivity index (χ0v) is 22.6. The van der Waals surface area contributed by atoms with Crippen LogP contribution in [-0.2, 0) is 16.2 Å². The number of piperidine rings is 1. The van der Waals surface area contributed by atoms with Crippen LogP contribution in [0.4, 0.5) is 13.2 Å². The third-order valence-corrected chi connectivity index (χ3v) is 8.11. The number of sulfonamides is 1.